The van der Waals surface area contributed by atoms with E-state index in [9.17, 15) is 23.2 Å². The molecule has 174 valence electrons. The summed E-state index contributed by atoms with van der Waals surface area (Å²) in [6, 6.07) is 9.33. The normalized spacial score (nSPS) is 10.9. The first kappa shape index (κ1) is 22.7. The van der Waals surface area contributed by atoms with Crippen molar-refractivity contribution in [2.24, 2.45) is 0 Å². The van der Waals surface area contributed by atoms with Gasteiger partial charge in [0, 0.05) is 6.07 Å². The average Bonchev–Trinajstić information content (AvgIpc) is 3.19. The third kappa shape index (κ3) is 4.80. The molecule has 0 atom stereocenters. The van der Waals surface area contributed by atoms with Crippen molar-refractivity contribution in [2.45, 2.75) is 20.0 Å². The zero-order valence-corrected chi connectivity index (χ0v) is 17.9. The molecule has 34 heavy (non-hydrogen) atoms. The lowest BCUT2D eigenvalue weighted by atomic mass is 10.2. The molecular formula is C22H18F2N6O4. The predicted octanol–water partition coefficient (Wildman–Crippen LogP) is 2.13. The minimum absolute atomic E-state index is 0.0627. The van der Waals surface area contributed by atoms with Gasteiger partial charge in [-0.2, -0.15) is 0 Å². The lowest BCUT2D eigenvalue weighted by Gasteiger charge is -2.11. The summed E-state index contributed by atoms with van der Waals surface area (Å²) < 4.78 is 34.1. The van der Waals surface area contributed by atoms with Crippen LogP contribution in [0, 0.1) is 11.6 Å². The number of nitrogens with one attached hydrogen (secondary N) is 1. The molecule has 4 aromatic rings. The summed E-state index contributed by atoms with van der Waals surface area (Å²) in [5.41, 5.74) is 0.0418. The van der Waals surface area contributed by atoms with E-state index in [4.69, 9.17) is 4.74 Å². The standard InChI is InChI=1S/C22H18F2N6O4/c1-2-34-22(33)16-5-3-4-6-17(16)26-18(31)11-29-12-25-20-19(21(29)32)27-28-30(20)10-13-7-14(23)9-15(24)8-13/h3-9,12H,2,10-11H2,1H3,(H,26,31). The molecule has 1 amide bonds. The van der Waals surface area contributed by atoms with Gasteiger partial charge in [-0.05, 0) is 36.8 Å². The first-order chi connectivity index (χ1) is 16.4. The largest absolute Gasteiger partial charge is 0.462 e. The van der Waals surface area contributed by atoms with Crippen LogP contribution < -0.4 is 10.9 Å². The predicted molar refractivity (Wildman–Crippen MR) is 116 cm³/mol. The second-order valence-corrected chi connectivity index (χ2v) is 7.19. The van der Waals surface area contributed by atoms with Crippen LogP contribution in [0.3, 0.4) is 0 Å². The van der Waals surface area contributed by atoms with Gasteiger partial charge in [-0.1, -0.05) is 17.3 Å². The van der Waals surface area contributed by atoms with Crippen molar-refractivity contribution in [1.29, 1.82) is 0 Å². The minimum Gasteiger partial charge on any atom is -0.462 e. The fourth-order valence-electron chi connectivity index (χ4n) is 3.30. The summed E-state index contributed by atoms with van der Waals surface area (Å²) >= 11 is 0. The number of rotatable bonds is 7. The Morgan fingerprint density at radius 1 is 1.12 bits per heavy atom. The third-order valence-corrected chi connectivity index (χ3v) is 4.76. The SMILES string of the molecule is CCOC(=O)c1ccccc1NC(=O)Cn1cnc2c(nnn2Cc2cc(F)cc(F)c2)c1=O. The molecule has 2 aromatic carbocycles. The van der Waals surface area contributed by atoms with Gasteiger partial charge in [0.05, 0.1) is 24.4 Å². The number of hydrogen-bond acceptors (Lipinski definition) is 7. The van der Waals surface area contributed by atoms with Crippen molar-refractivity contribution in [3.8, 4) is 0 Å². The molecule has 0 radical (unpaired) electrons. The van der Waals surface area contributed by atoms with Gasteiger partial charge < -0.3 is 10.1 Å². The van der Waals surface area contributed by atoms with Crippen LogP contribution in [-0.2, 0) is 22.6 Å². The van der Waals surface area contributed by atoms with E-state index < -0.39 is 35.6 Å². The highest BCUT2D eigenvalue weighted by atomic mass is 19.1. The van der Waals surface area contributed by atoms with Crippen molar-refractivity contribution in [3.63, 3.8) is 0 Å². The van der Waals surface area contributed by atoms with Gasteiger partial charge in [0.2, 0.25) is 5.91 Å². The molecule has 2 heterocycles. The van der Waals surface area contributed by atoms with Gasteiger partial charge in [-0.15, -0.1) is 5.10 Å². The van der Waals surface area contributed by atoms with E-state index in [0.29, 0.717) is 0 Å². The third-order valence-electron chi connectivity index (χ3n) is 4.76. The van der Waals surface area contributed by atoms with E-state index >= 15 is 0 Å². The van der Waals surface area contributed by atoms with Gasteiger partial charge in [0.1, 0.15) is 24.5 Å². The molecule has 0 spiro atoms. The van der Waals surface area contributed by atoms with E-state index in [1.807, 2.05) is 0 Å². The van der Waals surface area contributed by atoms with E-state index in [1.54, 1.807) is 19.1 Å². The zero-order valence-electron chi connectivity index (χ0n) is 17.9. The summed E-state index contributed by atoms with van der Waals surface area (Å²) in [6.07, 6.45) is 1.15. The van der Waals surface area contributed by atoms with Gasteiger partial charge in [-0.3, -0.25) is 14.2 Å². The highest BCUT2D eigenvalue weighted by molar-refractivity contribution is 6.01. The molecule has 0 saturated carbocycles. The van der Waals surface area contributed by atoms with Crippen molar-refractivity contribution in [1.82, 2.24) is 24.5 Å². The number of carbonyl (C=O) groups excluding carboxylic acids is 2. The fraction of sp³-hybridized carbons (Fsp3) is 0.182. The number of hydrogen-bond donors (Lipinski definition) is 1. The molecule has 0 aliphatic heterocycles. The lowest BCUT2D eigenvalue weighted by Crippen LogP contribution is -2.28. The molecule has 0 bridgehead atoms. The van der Waals surface area contributed by atoms with Crippen LogP contribution in [0.4, 0.5) is 14.5 Å². The lowest BCUT2D eigenvalue weighted by molar-refractivity contribution is -0.116. The highest BCUT2D eigenvalue weighted by Gasteiger charge is 2.17. The summed E-state index contributed by atoms with van der Waals surface area (Å²) in [6.45, 7) is 1.38. The van der Waals surface area contributed by atoms with E-state index in [-0.39, 0.29) is 41.1 Å². The van der Waals surface area contributed by atoms with Gasteiger partial charge >= 0.3 is 5.97 Å². The van der Waals surface area contributed by atoms with Crippen molar-refractivity contribution >= 4 is 28.7 Å². The van der Waals surface area contributed by atoms with E-state index in [0.717, 1.165) is 29.1 Å². The Bertz CT molecular complexity index is 1430. The fourth-order valence-corrected chi connectivity index (χ4v) is 3.30. The molecule has 0 aliphatic carbocycles. The number of fused-ring (bicyclic) bond motifs is 1. The van der Waals surface area contributed by atoms with Gasteiger partial charge in [0.25, 0.3) is 5.56 Å². The topological polar surface area (TPSA) is 121 Å². The number of benzene rings is 2. The van der Waals surface area contributed by atoms with Crippen LogP contribution in [0.1, 0.15) is 22.8 Å². The molecule has 1 N–H and O–H groups in total. The molecule has 0 fully saturated rings. The minimum atomic E-state index is -0.745. The number of para-hydroxylation sites is 1. The Kier molecular flexibility index (Phi) is 6.39. The quantitative estimate of drug-likeness (QED) is 0.413. The smallest absolute Gasteiger partial charge is 0.340 e. The summed E-state index contributed by atoms with van der Waals surface area (Å²) in [5.74, 6) is -2.66. The first-order valence-corrected chi connectivity index (χ1v) is 10.2. The monoisotopic (exact) mass is 468 g/mol. The van der Waals surface area contributed by atoms with Gasteiger partial charge in [0.15, 0.2) is 11.2 Å². The molecular weight excluding hydrogens is 450 g/mol. The van der Waals surface area contributed by atoms with Crippen LogP contribution in [-0.4, -0.2) is 43.0 Å². The number of anilines is 1. The number of nitrogens with zero attached hydrogens (tertiary/aromatic N) is 5. The van der Waals surface area contributed by atoms with Crippen molar-refractivity contribution in [3.05, 3.63) is 81.9 Å². The number of amides is 1. The molecule has 4 rings (SSSR count). The van der Waals surface area contributed by atoms with Crippen LogP contribution >= 0.6 is 0 Å². The highest BCUT2D eigenvalue weighted by Crippen LogP contribution is 2.16. The number of ether oxygens (including phenoxy) is 1. The maximum atomic E-state index is 13.5. The number of halogens is 2. The maximum absolute atomic E-state index is 13.5. The van der Waals surface area contributed by atoms with Crippen LogP contribution in [0.15, 0.2) is 53.6 Å². The first-order valence-electron chi connectivity index (χ1n) is 10.2. The molecule has 0 saturated heterocycles. The van der Waals surface area contributed by atoms with Crippen molar-refractivity contribution in [2.75, 3.05) is 11.9 Å². The maximum Gasteiger partial charge on any atom is 0.340 e. The molecule has 2 aromatic heterocycles. The van der Waals surface area contributed by atoms with E-state index in [1.165, 1.54) is 16.8 Å². The average molecular weight is 468 g/mol. The summed E-state index contributed by atoms with van der Waals surface area (Å²) in [7, 11) is 0. The van der Waals surface area contributed by atoms with Gasteiger partial charge in [-0.25, -0.2) is 23.2 Å². The van der Waals surface area contributed by atoms with Crippen molar-refractivity contribution < 1.29 is 23.1 Å². The van der Waals surface area contributed by atoms with Crippen LogP contribution in [0.2, 0.25) is 0 Å². The summed E-state index contributed by atoms with van der Waals surface area (Å²) in [4.78, 5) is 41.5. The Balaban J connectivity index is 1.54. The Hall–Kier alpha value is -4.48. The Morgan fingerprint density at radius 3 is 2.59 bits per heavy atom. The zero-order chi connectivity index (χ0) is 24.2. The number of carbonyl (C=O) groups is 2. The molecule has 0 unspecified atom stereocenters. The van der Waals surface area contributed by atoms with Crippen LogP contribution in [0.25, 0.3) is 11.2 Å². The van der Waals surface area contributed by atoms with E-state index in [2.05, 4.69) is 20.6 Å². The number of aromatic nitrogens is 5. The molecule has 12 heteroatoms. The molecule has 0 aliphatic rings. The summed E-state index contributed by atoms with van der Waals surface area (Å²) in [5, 5.41) is 10.2. The number of esters is 1. The Labute approximate surface area is 190 Å². The Morgan fingerprint density at radius 2 is 1.85 bits per heavy atom. The van der Waals surface area contributed by atoms with Crippen LogP contribution in [0.5, 0.6) is 0 Å². The molecule has 10 nitrogen and oxygen atoms in total. The second kappa shape index (κ2) is 9.57. The second-order valence-electron chi connectivity index (χ2n) is 7.19.